The van der Waals surface area contributed by atoms with Crippen LogP contribution in [-0.4, -0.2) is 17.6 Å². The Hall–Kier alpha value is -2.68. The van der Waals surface area contributed by atoms with E-state index >= 15 is 0 Å². The van der Waals surface area contributed by atoms with Crippen molar-refractivity contribution in [3.8, 4) is 0 Å². The molecule has 0 spiro atoms. The molecule has 3 heteroatoms. The number of aromatic nitrogens is 1. The summed E-state index contributed by atoms with van der Waals surface area (Å²) in [4.78, 5) is 15.8. The maximum absolute atomic E-state index is 11.3. The molecule has 1 aromatic heterocycles. The van der Waals surface area contributed by atoms with Gasteiger partial charge in [0.25, 0.3) is 0 Å². The Balaban J connectivity index is 2.01. The van der Waals surface area contributed by atoms with Crippen molar-refractivity contribution in [2.45, 2.75) is 6.92 Å². The van der Waals surface area contributed by atoms with E-state index in [0.29, 0.717) is 6.61 Å². The fraction of sp³-hybridized carbons (Fsp3) is 0.111. The van der Waals surface area contributed by atoms with Crippen molar-refractivity contribution in [2.24, 2.45) is 0 Å². The Morgan fingerprint density at radius 3 is 2.90 bits per heavy atom. The van der Waals surface area contributed by atoms with Crippen molar-refractivity contribution in [1.29, 1.82) is 0 Å². The standard InChI is InChI=1S/C18H15NO2/c1-2-21-18(20)10-8-13-7-9-16-15-6-4-3-5-14(15)12-19-17(16)11-13/h3-12H,2H2,1H3/b10-8+. The quantitative estimate of drug-likeness (QED) is 0.413. The first-order valence-corrected chi connectivity index (χ1v) is 6.90. The van der Waals surface area contributed by atoms with Gasteiger partial charge in [0.1, 0.15) is 0 Å². The maximum atomic E-state index is 11.3. The average Bonchev–Trinajstić information content (AvgIpc) is 2.53. The highest BCUT2D eigenvalue weighted by molar-refractivity contribution is 6.05. The third kappa shape index (κ3) is 2.77. The normalized spacial score (nSPS) is 11.3. The third-order valence-corrected chi connectivity index (χ3v) is 3.31. The fourth-order valence-corrected chi connectivity index (χ4v) is 2.34. The summed E-state index contributed by atoms with van der Waals surface area (Å²) in [7, 11) is 0. The molecule has 104 valence electrons. The first kappa shape index (κ1) is 13.3. The van der Waals surface area contributed by atoms with Gasteiger partial charge in [-0.1, -0.05) is 36.4 Å². The second kappa shape index (κ2) is 5.75. The molecule has 1 heterocycles. The number of esters is 1. The van der Waals surface area contributed by atoms with Gasteiger partial charge in [0.05, 0.1) is 12.1 Å². The maximum Gasteiger partial charge on any atom is 0.330 e. The molecule has 0 bridgehead atoms. The number of pyridine rings is 1. The van der Waals surface area contributed by atoms with Gasteiger partial charge < -0.3 is 4.74 Å². The molecule has 0 aliphatic heterocycles. The summed E-state index contributed by atoms with van der Waals surface area (Å²) in [6.45, 7) is 2.17. The lowest BCUT2D eigenvalue weighted by Crippen LogP contribution is -1.98. The lowest BCUT2D eigenvalue weighted by molar-refractivity contribution is -0.137. The Morgan fingerprint density at radius 2 is 2.05 bits per heavy atom. The van der Waals surface area contributed by atoms with Gasteiger partial charge in [0, 0.05) is 23.0 Å². The molecule has 3 nitrogen and oxygen atoms in total. The molecule has 0 N–H and O–H groups in total. The van der Waals surface area contributed by atoms with Crippen molar-refractivity contribution in [3.05, 3.63) is 60.3 Å². The monoisotopic (exact) mass is 277 g/mol. The zero-order chi connectivity index (χ0) is 14.7. The second-order valence-corrected chi connectivity index (χ2v) is 4.71. The minimum Gasteiger partial charge on any atom is -0.463 e. The summed E-state index contributed by atoms with van der Waals surface area (Å²) < 4.78 is 4.87. The van der Waals surface area contributed by atoms with Crippen molar-refractivity contribution in [2.75, 3.05) is 6.61 Å². The van der Waals surface area contributed by atoms with E-state index in [1.54, 1.807) is 13.0 Å². The molecule has 0 amide bonds. The highest BCUT2D eigenvalue weighted by Gasteiger charge is 2.02. The molecule has 0 radical (unpaired) electrons. The highest BCUT2D eigenvalue weighted by Crippen LogP contribution is 2.24. The average molecular weight is 277 g/mol. The highest BCUT2D eigenvalue weighted by atomic mass is 16.5. The third-order valence-electron chi connectivity index (χ3n) is 3.31. The Morgan fingerprint density at radius 1 is 1.19 bits per heavy atom. The molecule has 3 rings (SSSR count). The van der Waals surface area contributed by atoms with Gasteiger partial charge in [-0.2, -0.15) is 0 Å². The van der Waals surface area contributed by atoms with Crippen LogP contribution in [-0.2, 0) is 9.53 Å². The van der Waals surface area contributed by atoms with E-state index in [-0.39, 0.29) is 5.97 Å². The van der Waals surface area contributed by atoms with Crippen molar-refractivity contribution < 1.29 is 9.53 Å². The largest absolute Gasteiger partial charge is 0.463 e. The van der Waals surface area contributed by atoms with Crippen LogP contribution in [0.5, 0.6) is 0 Å². The van der Waals surface area contributed by atoms with Gasteiger partial charge >= 0.3 is 5.97 Å². The van der Waals surface area contributed by atoms with Gasteiger partial charge in [-0.05, 0) is 30.0 Å². The molecule has 0 aliphatic carbocycles. The zero-order valence-corrected chi connectivity index (χ0v) is 11.7. The van der Waals surface area contributed by atoms with Crippen LogP contribution in [0, 0.1) is 0 Å². The number of ether oxygens (including phenoxy) is 1. The van der Waals surface area contributed by atoms with Gasteiger partial charge in [0.15, 0.2) is 0 Å². The van der Waals surface area contributed by atoms with Crippen LogP contribution in [0.4, 0.5) is 0 Å². The number of hydrogen-bond donors (Lipinski definition) is 0. The summed E-state index contributed by atoms with van der Waals surface area (Å²) in [5.41, 5.74) is 1.85. The van der Waals surface area contributed by atoms with Crippen LogP contribution in [0.3, 0.4) is 0 Å². The number of fused-ring (bicyclic) bond motifs is 3. The fourth-order valence-electron chi connectivity index (χ4n) is 2.34. The number of nitrogens with zero attached hydrogens (tertiary/aromatic N) is 1. The Kier molecular flexibility index (Phi) is 3.65. The molecule has 2 aromatic carbocycles. The molecule has 0 atom stereocenters. The molecular formula is C18H15NO2. The smallest absolute Gasteiger partial charge is 0.330 e. The molecule has 21 heavy (non-hydrogen) atoms. The van der Waals surface area contributed by atoms with E-state index < -0.39 is 0 Å². The lowest BCUT2D eigenvalue weighted by Gasteiger charge is -2.04. The first-order valence-electron chi connectivity index (χ1n) is 6.90. The van der Waals surface area contributed by atoms with Gasteiger partial charge in [0.2, 0.25) is 0 Å². The number of rotatable bonds is 3. The minimum atomic E-state index is -0.330. The molecule has 0 unspecified atom stereocenters. The Labute approximate surface area is 122 Å². The summed E-state index contributed by atoms with van der Waals surface area (Å²) in [5, 5.41) is 3.42. The number of hydrogen-bond acceptors (Lipinski definition) is 3. The predicted molar refractivity (Wildman–Crippen MR) is 84.9 cm³/mol. The predicted octanol–water partition coefficient (Wildman–Crippen LogP) is 3.96. The molecule has 0 fully saturated rings. The van der Waals surface area contributed by atoms with E-state index in [2.05, 4.69) is 17.1 Å². The van der Waals surface area contributed by atoms with Crippen LogP contribution in [0.25, 0.3) is 27.8 Å². The van der Waals surface area contributed by atoms with Crippen LogP contribution >= 0.6 is 0 Å². The SMILES string of the molecule is CCOC(=O)/C=C/c1ccc2c(c1)ncc1ccccc12. The van der Waals surface area contributed by atoms with Crippen LogP contribution < -0.4 is 0 Å². The summed E-state index contributed by atoms with van der Waals surface area (Å²) in [6.07, 6.45) is 5.05. The summed E-state index contributed by atoms with van der Waals surface area (Å²) in [5.74, 6) is -0.330. The second-order valence-electron chi connectivity index (χ2n) is 4.71. The number of carbonyl (C=O) groups is 1. The number of benzene rings is 2. The van der Waals surface area contributed by atoms with E-state index in [1.165, 1.54) is 11.5 Å². The van der Waals surface area contributed by atoms with Crippen LogP contribution in [0.2, 0.25) is 0 Å². The van der Waals surface area contributed by atoms with E-state index in [4.69, 9.17) is 4.74 Å². The van der Waals surface area contributed by atoms with Gasteiger partial charge in [-0.25, -0.2) is 4.79 Å². The van der Waals surface area contributed by atoms with Crippen molar-refractivity contribution in [3.63, 3.8) is 0 Å². The molecular weight excluding hydrogens is 262 g/mol. The topological polar surface area (TPSA) is 39.2 Å². The van der Waals surface area contributed by atoms with E-state index in [0.717, 1.165) is 21.9 Å². The molecule has 0 saturated heterocycles. The van der Waals surface area contributed by atoms with Crippen LogP contribution in [0.15, 0.2) is 54.7 Å². The Bertz CT molecular complexity index is 837. The van der Waals surface area contributed by atoms with Gasteiger partial charge in [-0.15, -0.1) is 0 Å². The minimum absolute atomic E-state index is 0.330. The molecule has 0 aliphatic rings. The van der Waals surface area contributed by atoms with Crippen molar-refractivity contribution in [1.82, 2.24) is 4.98 Å². The van der Waals surface area contributed by atoms with Crippen molar-refractivity contribution >= 4 is 33.7 Å². The summed E-state index contributed by atoms with van der Waals surface area (Å²) in [6, 6.07) is 14.2. The first-order chi connectivity index (χ1) is 10.3. The van der Waals surface area contributed by atoms with Gasteiger partial charge in [-0.3, -0.25) is 4.98 Å². The number of carbonyl (C=O) groups excluding carboxylic acids is 1. The lowest BCUT2D eigenvalue weighted by atomic mass is 10.0. The van der Waals surface area contributed by atoms with Crippen LogP contribution in [0.1, 0.15) is 12.5 Å². The summed E-state index contributed by atoms with van der Waals surface area (Å²) >= 11 is 0. The molecule has 3 aromatic rings. The molecule has 0 saturated carbocycles. The van der Waals surface area contributed by atoms with E-state index in [9.17, 15) is 4.79 Å². The zero-order valence-electron chi connectivity index (χ0n) is 11.7. The van der Waals surface area contributed by atoms with E-state index in [1.807, 2.05) is 36.5 Å².